The van der Waals surface area contributed by atoms with Crippen molar-refractivity contribution in [2.75, 3.05) is 51.3 Å². The molecular weight excluding hydrogens is 456 g/mol. The number of hydrogen-bond donors (Lipinski definition) is 1. The minimum atomic E-state index is -0.723. The molecule has 3 aliphatic heterocycles. The van der Waals surface area contributed by atoms with Crippen LogP contribution in [0.15, 0.2) is 24.3 Å². The fraction of sp³-hybridized carbons (Fsp3) is 0.679. The molecule has 3 heterocycles. The van der Waals surface area contributed by atoms with Crippen LogP contribution in [0.4, 0.5) is 5.69 Å². The van der Waals surface area contributed by atoms with Gasteiger partial charge in [-0.05, 0) is 61.9 Å². The van der Waals surface area contributed by atoms with Crippen molar-refractivity contribution in [3.05, 3.63) is 29.8 Å². The maximum atomic E-state index is 14.0. The maximum absolute atomic E-state index is 14.0. The van der Waals surface area contributed by atoms with Gasteiger partial charge in [-0.2, -0.15) is 0 Å². The standard InChI is InChI=1S/C28H40N4O4/c1-5-28(2,3)25(27(35)32-16-21(18-6-7-18)24-23(32)22(33)17-36-24)29-26(34)19-8-10-20(11-9-19)31-14-12-30(4)13-15-31/h8-11,18,21,23-25H,5-7,12-17H2,1-4H3,(H,29,34)/t21-,23+,24+,25?/m0/s1. The minimum absolute atomic E-state index is 0.0182. The van der Waals surface area contributed by atoms with Crippen LogP contribution in [0.25, 0.3) is 0 Å². The van der Waals surface area contributed by atoms with Crippen LogP contribution in [0, 0.1) is 17.3 Å². The van der Waals surface area contributed by atoms with Gasteiger partial charge in [0, 0.05) is 49.9 Å². The normalized spacial score (nSPS) is 27.8. The van der Waals surface area contributed by atoms with Crippen molar-refractivity contribution in [3.63, 3.8) is 0 Å². The number of ether oxygens (including phenoxy) is 1. The third kappa shape index (κ3) is 4.77. The molecule has 2 amide bonds. The summed E-state index contributed by atoms with van der Waals surface area (Å²) in [6.45, 7) is 10.6. The summed E-state index contributed by atoms with van der Waals surface area (Å²) >= 11 is 0. The first-order chi connectivity index (χ1) is 17.2. The van der Waals surface area contributed by atoms with E-state index in [-0.39, 0.29) is 36.2 Å². The van der Waals surface area contributed by atoms with E-state index in [1.165, 1.54) is 0 Å². The van der Waals surface area contributed by atoms with Crippen molar-refractivity contribution in [1.29, 1.82) is 0 Å². The van der Waals surface area contributed by atoms with Gasteiger partial charge in [0.05, 0.1) is 6.10 Å². The second-order valence-corrected chi connectivity index (χ2v) is 11.8. The smallest absolute Gasteiger partial charge is 0.251 e. The second-order valence-electron chi connectivity index (χ2n) is 11.8. The molecule has 4 aliphatic rings. The number of carbonyl (C=O) groups excluding carboxylic acids is 3. The SMILES string of the molecule is CCC(C)(C)C(NC(=O)c1ccc(N2CCN(C)CC2)cc1)C(=O)N1C[C@@H](C2CC2)[C@H]2OCC(=O)[C@H]21. The highest BCUT2D eigenvalue weighted by molar-refractivity contribution is 5.99. The van der Waals surface area contributed by atoms with Crippen LogP contribution in [0.1, 0.15) is 50.4 Å². The lowest BCUT2D eigenvalue weighted by Crippen LogP contribution is -2.57. The van der Waals surface area contributed by atoms with Crippen molar-refractivity contribution in [2.45, 2.75) is 58.2 Å². The quantitative estimate of drug-likeness (QED) is 0.623. The van der Waals surface area contributed by atoms with Gasteiger partial charge in [0.25, 0.3) is 5.91 Å². The highest BCUT2D eigenvalue weighted by Crippen LogP contribution is 2.46. The van der Waals surface area contributed by atoms with Gasteiger partial charge in [-0.15, -0.1) is 0 Å². The summed E-state index contributed by atoms with van der Waals surface area (Å²) in [7, 11) is 2.13. The molecule has 5 rings (SSSR count). The molecule has 4 fully saturated rings. The fourth-order valence-electron chi connectivity index (χ4n) is 5.92. The van der Waals surface area contributed by atoms with E-state index in [0.717, 1.165) is 44.7 Å². The highest BCUT2D eigenvalue weighted by Gasteiger charge is 2.57. The average molecular weight is 497 g/mol. The monoisotopic (exact) mass is 496 g/mol. The van der Waals surface area contributed by atoms with E-state index < -0.39 is 17.5 Å². The lowest BCUT2D eigenvalue weighted by Gasteiger charge is -2.37. The van der Waals surface area contributed by atoms with Crippen LogP contribution in [-0.2, 0) is 14.3 Å². The van der Waals surface area contributed by atoms with E-state index in [2.05, 4.69) is 22.2 Å². The third-order valence-corrected chi connectivity index (χ3v) is 8.95. The van der Waals surface area contributed by atoms with Gasteiger partial charge in [0.15, 0.2) is 5.78 Å². The molecule has 8 nitrogen and oxygen atoms in total. The first kappa shape index (κ1) is 25.2. The molecule has 196 valence electrons. The molecule has 0 bridgehead atoms. The Morgan fingerprint density at radius 3 is 2.39 bits per heavy atom. The van der Waals surface area contributed by atoms with E-state index in [1.807, 2.05) is 45.0 Å². The molecule has 8 heteroatoms. The Morgan fingerprint density at radius 2 is 1.78 bits per heavy atom. The first-order valence-electron chi connectivity index (χ1n) is 13.5. The topological polar surface area (TPSA) is 82.2 Å². The Bertz CT molecular complexity index is 997. The predicted octanol–water partition coefficient (Wildman–Crippen LogP) is 2.18. The molecule has 36 heavy (non-hydrogen) atoms. The number of fused-ring (bicyclic) bond motifs is 1. The second kappa shape index (κ2) is 9.78. The summed E-state index contributed by atoms with van der Waals surface area (Å²) in [6.07, 6.45) is 2.79. The van der Waals surface area contributed by atoms with Crippen LogP contribution in [-0.4, -0.2) is 92.0 Å². The number of piperazine rings is 1. The number of carbonyl (C=O) groups is 3. The van der Waals surface area contributed by atoms with Crippen LogP contribution >= 0.6 is 0 Å². The summed E-state index contributed by atoms with van der Waals surface area (Å²) in [5.74, 6) is 0.306. The number of nitrogens with zero attached hydrogens (tertiary/aromatic N) is 3. The zero-order chi connectivity index (χ0) is 25.6. The van der Waals surface area contributed by atoms with Crippen LogP contribution < -0.4 is 10.2 Å². The number of hydrogen-bond acceptors (Lipinski definition) is 6. The van der Waals surface area contributed by atoms with Gasteiger partial charge in [-0.3, -0.25) is 14.4 Å². The third-order valence-electron chi connectivity index (χ3n) is 8.95. The van der Waals surface area contributed by atoms with Gasteiger partial charge in [0.2, 0.25) is 5.91 Å². The summed E-state index contributed by atoms with van der Waals surface area (Å²) in [4.78, 5) is 46.4. The molecule has 1 aromatic rings. The van der Waals surface area contributed by atoms with Gasteiger partial charge >= 0.3 is 0 Å². The Kier molecular flexibility index (Phi) is 6.85. The van der Waals surface area contributed by atoms with Crippen molar-refractivity contribution >= 4 is 23.3 Å². The lowest BCUT2D eigenvalue weighted by atomic mass is 9.80. The van der Waals surface area contributed by atoms with Crippen LogP contribution in [0.2, 0.25) is 0 Å². The maximum Gasteiger partial charge on any atom is 0.251 e. The molecule has 1 aromatic carbocycles. The number of Topliss-reactive ketones (excluding diaryl/α,β-unsaturated/α-hetero) is 1. The summed E-state index contributed by atoms with van der Waals surface area (Å²) in [6, 6.07) is 6.42. The molecule has 3 saturated heterocycles. The number of anilines is 1. The molecule has 4 atom stereocenters. The Hall–Kier alpha value is -2.45. The molecule has 1 N–H and O–H groups in total. The number of likely N-dealkylation sites (N-methyl/N-ethyl adjacent to an activating group) is 1. The zero-order valence-electron chi connectivity index (χ0n) is 22.0. The van der Waals surface area contributed by atoms with E-state index >= 15 is 0 Å². The van der Waals surface area contributed by atoms with Crippen molar-refractivity contribution in [1.82, 2.24) is 15.1 Å². The highest BCUT2D eigenvalue weighted by atomic mass is 16.5. The number of nitrogens with one attached hydrogen (secondary N) is 1. The summed E-state index contributed by atoms with van der Waals surface area (Å²) in [5.41, 5.74) is 1.17. The predicted molar refractivity (Wildman–Crippen MR) is 138 cm³/mol. The van der Waals surface area contributed by atoms with Crippen LogP contribution in [0.5, 0.6) is 0 Å². The Labute approximate surface area is 214 Å². The molecule has 0 aromatic heterocycles. The molecule has 1 saturated carbocycles. The lowest BCUT2D eigenvalue weighted by molar-refractivity contribution is -0.140. The zero-order valence-corrected chi connectivity index (χ0v) is 22.0. The fourth-order valence-corrected chi connectivity index (χ4v) is 5.92. The average Bonchev–Trinajstić information content (AvgIpc) is 3.55. The van der Waals surface area contributed by atoms with Gasteiger partial charge in [-0.1, -0.05) is 20.8 Å². The van der Waals surface area contributed by atoms with Gasteiger partial charge in [-0.25, -0.2) is 0 Å². The molecular formula is C28H40N4O4. The molecule has 0 spiro atoms. The summed E-state index contributed by atoms with van der Waals surface area (Å²) < 4.78 is 5.86. The van der Waals surface area contributed by atoms with E-state index in [4.69, 9.17) is 4.74 Å². The number of benzene rings is 1. The minimum Gasteiger partial charge on any atom is -0.369 e. The van der Waals surface area contributed by atoms with Crippen molar-refractivity contribution in [2.24, 2.45) is 17.3 Å². The number of ketones is 1. The Balaban J connectivity index is 1.32. The Morgan fingerprint density at radius 1 is 1.11 bits per heavy atom. The number of amides is 2. The number of likely N-dealkylation sites (tertiary alicyclic amines) is 1. The van der Waals surface area contributed by atoms with Crippen molar-refractivity contribution in [3.8, 4) is 0 Å². The van der Waals surface area contributed by atoms with Crippen molar-refractivity contribution < 1.29 is 19.1 Å². The van der Waals surface area contributed by atoms with Crippen LogP contribution in [0.3, 0.4) is 0 Å². The number of rotatable bonds is 7. The van der Waals surface area contributed by atoms with E-state index in [9.17, 15) is 14.4 Å². The van der Waals surface area contributed by atoms with E-state index in [0.29, 0.717) is 24.4 Å². The van der Waals surface area contributed by atoms with Gasteiger partial charge < -0.3 is 24.8 Å². The van der Waals surface area contributed by atoms with E-state index in [1.54, 1.807) is 4.90 Å². The molecule has 1 unspecified atom stereocenters. The molecule has 1 aliphatic carbocycles. The summed E-state index contributed by atoms with van der Waals surface area (Å²) in [5, 5.41) is 3.06. The molecule has 0 radical (unpaired) electrons. The van der Waals surface area contributed by atoms with Gasteiger partial charge in [0.1, 0.15) is 18.7 Å². The largest absolute Gasteiger partial charge is 0.369 e. The first-order valence-corrected chi connectivity index (χ1v) is 13.5.